The number of nitrogen functional groups attached to an aromatic ring is 1. The quantitative estimate of drug-likeness (QED) is 0.115. The summed E-state index contributed by atoms with van der Waals surface area (Å²) in [5.41, 5.74) is 5.15. The number of oxime groups is 1. The van der Waals surface area contributed by atoms with Crippen LogP contribution < -0.4 is 11.1 Å². The molecule has 0 saturated carbocycles. The number of amides is 2. The Morgan fingerprint density at radius 3 is 2.68 bits per heavy atom. The van der Waals surface area contributed by atoms with E-state index in [4.69, 9.17) is 15.3 Å². The molecule has 0 bridgehead atoms. The zero-order chi connectivity index (χ0) is 25.0. The van der Waals surface area contributed by atoms with Crippen molar-refractivity contribution in [3.05, 3.63) is 17.1 Å². The lowest BCUT2D eigenvalue weighted by Crippen LogP contribution is -2.71. The summed E-state index contributed by atoms with van der Waals surface area (Å²) in [5, 5.41) is 15.3. The van der Waals surface area contributed by atoms with Crippen LogP contribution in [0.5, 0.6) is 0 Å². The second kappa shape index (κ2) is 10.6. The fraction of sp³-hybridized carbons (Fsp3) is 0.444. The molecule has 182 valence electrons. The first-order valence-electron chi connectivity index (χ1n) is 9.79. The third kappa shape index (κ3) is 5.33. The molecule has 3 rings (SSSR count). The second-order valence-electron chi connectivity index (χ2n) is 6.97. The molecule has 0 spiro atoms. The molecule has 0 radical (unpaired) electrons. The van der Waals surface area contributed by atoms with Gasteiger partial charge in [-0.2, -0.15) is 9.36 Å². The molecular weight excluding hydrogens is 492 g/mol. The Morgan fingerprint density at radius 2 is 2.09 bits per heavy atom. The standard InChI is InChI=1S/C18H20N6O8S2/c1-3-32-22-10(13-21-18(19)34-23-13)14(27)20-11-15(28)24-12(17(29)30)8(6-33-16(11)24)5-31-9(26)4-7(2)25/h11,16H,3-6H2,1-2H3,(H,20,27)(H,29,30)(H2,19,21,23)/t11-,16+/m1/s1. The molecule has 34 heavy (non-hydrogen) atoms. The summed E-state index contributed by atoms with van der Waals surface area (Å²) < 4.78 is 8.90. The number of ketones is 1. The number of anilines is 1. The number of carboxylic acids is 1. The van der Waals surface area contributed by atoms with Gasteiger partial charge in [0.05, 0.1) is 0 Å². The molecule has 2 aliphatic rings. The van der Waals surface area contributed by atoms with E-state index in [0.29, 0.717) is 0 Å². The largest absolute Gasteiger partial charge is 0.477 e. The van der Waals surface area contributed by atoms with Gasteiger partial charge in [0.2, 0.25) is 11.5 Å². The summed E-state index contributed by atoms with van der Waals surface area (Å²) in [6, 6.07) is -1.04. The lowest BCUT2D eigenvalue weighted by molar-refractivity contribution is -0.150. The zero-order valence-electron chi connectivity index (χ0n) is 18.0. The van der Waals surface area contributed by atoms with Crippen molar-refractivity contribution >= 4 is 63.7 Å². The summed E-state index contributed by atoms with van der Waals surface area (Å²) in [7, 11) is 0. The normalized spacial score (nSPS) is 19.8. The smallest absolute Gasteiger partial charge is 0.352 e. The van der Waals surface area contributed by atoms with Crippen molar-refractivity contribution in [2.45, 2.75) is 31.7 Å². The number of nitrogens with zero attached hydrogens (tertiary/aromatic N) is 4. The summed E-state index contributed by atoms with van der Waals surface area (Å²) in [5.74, 6) is -3.99. The molecule has 1 fully saturated rings. The number of esters is 1. The van der Waals surface area contributed by atoms with Gasteiger partial charge < -0.3 is 25.7 Å². The number of fused-ring (bicyclic) bond motifs is 1. The Balaban J connectivity index is 1.74. The van der Waals surface area contributed by atoms with E-state index in [1.807, 2.05) is 0 Å². The van der Waals surface area contributed by atoms with E-state index >= 15 is 0 Å². The average molecular weight is 513 g/mol. The molecule has 14 nitrogen and oxygen atoms in total. The first-order chi connectivity index (χ1) is 16.1. The summed E-state index contributed by atoms with van der Waals surface area (Å²) in [6.45, 7) is 2.66. The van der Waals surface area contributed by atoms with Crippen LogP contribution in [0.2, 0.25) is 0 Å². The highest BCUT2D eigenvalue weighted by atomic mass is 32.2. The number of Topliss-reactive ketones (excluding diaryl/α,β-unsaturated/α-hetero) is 1. The minimum Gasteiger partial charge on any atom is -0.477 e. The van der Waals surface area contributed by atoms with E-state index in [9.17, 15) is 29.1 Å². The Bertz CT molecular complexity index is 1100. The highest BCUT2D eigenvalue weighted by Gasteiger charge is 2.54. The predicted octanol–water partition coefficient (Wildman–Crippen LogP) is -0.878. The molecule has 3 heterocycles. The molecule has 1 aromatic heterocycles. The molecule has 0 aliphatic carbocycles. The van der Waals surface area contributed by atoms with Crippen molar-refractivity contribution in [1.82, 2.24) is 19.6 Å². The van der Waals surface area contributed by atoms with Gasteiger partial charge in [-0.25, -0.2) is 4.79 Å². The number of nitrogens with two attached hydrogens (primary N) is 1. The van der Waals surface area contributed by atoms with Crippen molar-refractivity contribution in [2.24, 2.45) is 5.16 Å². The number of hydrogen-bond donors (Lipinski definition) is 3. The number of aromatic nitrogens is 2. The van der Waals surface area contributed by atoms with E-state index < -0.39 is 47.4 Å². The maximum absolute atomic E-state index is 12.8. The van der Waals surface area contributed by atoms with E-state index in [1.165, 1.54) is 18.7 Å². The fourth-order valence-corrected chi connectivity index (χ4v) is 4.83. The topological polar surface area (TPSA) is 203 Å². The summed E-state index contributed by atoms with van der Waals surface area (Å²) in [6.07, 6.45) is -0.437. The molecule has 4 N–H and O–H groups in total. The number of hydrogen-bond acceptors (Lipinski definition) is 13. The second-order valence-corrected chi connectivity index (χ2v) is 8.86. The van der Waals surface area contributed by atoms with Crippen molar-refractivity contribution in [1.29, 1.82) is 0 Å². The van der Waals surface area contributed by atoms with Gasteiger partial charge in [-0.05, 0) is 13.8 Å². The SMILES string of the molecule is CCON=C(C(=O)N[C@@H]1C(=O)N2C(C(=O)O)=C(COC(=O)CC(C)=O)CS[C@@H]12)c1nsc(N)n1. The third-order valence-corrected chi connectivity index (χ3v) is 6.37. The van der Waals surface area contributed by atoms with E-state index in [2.05, 4.69) is 19.8 Å². The maximum atomic E-state index is 12.8. The van der Waals surface area contributed by atoms with Crippen LogP contribution in [0.3, 0.4) is 0 Å². The maximum Gasteiger partial charge on any atom is 0.352 e. The molecule has 2 amide bonds. The Labute approximate surface area is 200 Å². The van der Waals surface area contributed by atoms with Gasteiger partial charge in [-0.1, -0.05) is 5.16 Å². The van der Waals surface area contributed by atoms with E-state index in [-0.39, 0.29) is 46.9 Å². The number of carbonyl (C=O) groups excluding carboxylic acids is 4. The number of ether oxygens (including phenoxy) is 1. The Kier molecular flexibility index (Phi) is 7.83. The van der Waals surface area contributed by atoms with E-state index in [0.717, 1.165) is 16.4 Å². The van der Waals surface area contributed by atoms with Crippen LogP contribution in [-0.2, 0) is 33.5 Å². The minimum absolute atomic E-state index is 0.0749. The fourth-order valence-electron chi connectivity index (χ4n) is 3.07. The number of rotatable bonds is 10. The highest BCUT2D eigenvalue weighted by Crippen LogP contribution is 2.40. The first kappa shape index (κ1) is 25.1. The average Bonchev–Trinajstić information content (AvgIpc) is 3.20. The first-order valence-corrected chi connectivity index (χ1v) is 11.6. The van der Waals surface area contributed by atoms with Crippen molar-refractivity contribution in [3.63, 3.8) is 0 Å². The molecule has 2 atom stereocenters. The molecule has 0 aromatic carbocycles. The number of aliphatic carboxylic acids is 1. The lowest BCUT2D eigenvalue weighted by atomic mass is 10.0. The molecule has 0 unspecified atom stereocenters. The molecule has 2 aliphatic heterocycles. The van der Waals surface area contributed by atoms with Crippen molar-refractivity contribution in [3.8, 4) is 0 Å². The number of carbonyl (C=O) groups is 5. The summed E-state index contributed by atoms with van der Waals surface area (Å²) in [4.78, 5) is 70.0. The molecule has 1 saturated heterocycles. The Hall–Kier alpha value is -3.53. The van der Waals surface area contributed by atoms with Crippen LogP contribution in [0.15, 0.2) is 16.4 Å². The van der Waals surface area contributed by atoms with Crippen LogP contribution in [0.4, 0.5) is 5.13 Å². The number of carboxylic acid groups (broad SMARTS) is 1. The number of β-lactam (4-membered cyclic amide) rings is 1. The van der Waals surface area contributed by atoms with E-state index in [1.54, 1.807) is 6.92 Å². The highest BCUT2D eigenvalue weighted by molar-refractivity contribution is 8.00. The Morgan fingerprint density at radius 1 is 1.35 bits per heavy atom. The predicted molar refractivity (Wildman–Crippen MR) is 118 cm³/mol. The van der Waals surface area contributed by atoms with Crippen LogP contribution >= 0.6 is 23.3 Å². The minimum atomic E-state index is -1.39. The van der Waals surface area contributed by atoms with Gasteiger partial charge in [0.1, 0.15) is 42.5 Å². The zero-order valence-corrected chi connectivity index (χ0v) is 19.6. The van der Waals surface area contributed by atoms with Crippen LogP contribution in [0.25, 0.3) is 0 Å². The molecule has 16 heteroatoms. The molecule has 1 aromatic rings. The molecular formula is C18H20N6O8S2. The van der Waals surface area contributed by atoms with Gasteiger partial charge in [-0.15, -0.1) is 11.8 Å². The lowest BCUT2D eigenvalue weighted by Gasteiger charge is -2.49. The van der Waals surface area contributed by atoms with Crippen LogP contribution in [0.1, 0.15) is 26.1 Å². The van der Waals surface area contributed by atoms with Gasteiger partial charge in [0, 0.05) is 22.9 Å². The van der Waals surface area contributed by atoms with Gasteiger partial charge in [-0.3, -0.25) is 24.1 Å². The van der Waals surface area contributed by atoms with Crippen molar-refractivity contribution < 1.29 is 38.7 Å². The monoisotopic (exact) mass is 512 g/mol. The van der Waals surface area contributed by atoms with Crippen LogP contribution in [0, 0.1) is 0 Å². The third-order valence-electron chi connectivity index (χ3n) is 4.49. The van der Waals surface area contributed by atoms with Gasteiger partial charge >= 0.3 is 11.9 Å². The van der Waals surface area contributed by atoms with Gasteiger partial charge in [0.15, 0.2) is 5.13 Å². The number of thioether (sulfide) groups is 1. The van der Waals surface area contributed by atoms with Crippen LogP contribution in [-0.4, -0.2) is 85.0 Å². The van der Waals surface area contributed by atoms with Gasteiger partial charge in [0.25, 0.3) is 11.8 Å². The number of nitrogens with one attached hydrogen (secondary N) is 1. The summed E-state index contributed by atoms with van der Waals surface area (Å²) >= 11 is 2.03. The van der Waals surface area contributed by atoms with Crippen molar-refractivity contribution in [2.75, 3.05) is 24.7 Å².